The first-order chi connectivity index (χ1) is 7.97. The van der Waals surface area contributed by atoms with Gasteiger partial charge in [-0.15, -0.1) is 0 Å². The molecule has 17 heavy (non-hydrogen) atoms. The minimum absolute atomic E-state index is 0.296. The normalized spacial score (nSPS) is 9.71. The van der Waals surface area contributed by atoms with E-state index >= 15 is 0 Å². The van der Waals surface area contributed by atoms with Gasteiger partial charge in [0.1, 0.15) is 0 Å². The molecule has 0 unspecified atom stereocenters. The maximum absolute atomic E-state index is 9.64. The smallest absolute Gasteiger partial charge is 0.303 e. The van der Waals surface area contributed by atoms with E-state index in [2.05, 4.69) is 18.7 Å². The molecule has 6 heteroatoms. The predicted octanol–water partition coefficient (Wildman–Crippen LogP) is 1.24. The summed E-state index contributed by atoms with van der Waals surface area (Å²) in [6, 6.07) is 0. The molecule has 0 atom stereocenters. The van der Waals surface area contributed by atoms with Crippen LogP contribution in [-0.2, 0) is 9.59 Å². The van der Waals surface area contributed by atoms with Crippen LogP contribution in [-0.4, -0.2) is 74.6 Å². The summed E-state index contributed by atoms with van der Waals surface area (Å²) in [5.41, 5.74) is 0. The van der Waals surface area contributed by atoms with Crippen LogP contribution >= 0.6 is 0 Å². The van der Waals surface area contributed by atoms with Crippen molar-refractivity contribution < 1.29 is 19.8 Å². The van der Waals surface area contributed by atoms with Gasteiger partial charge >= 0.3 is 88.3 Å². The van der Waals surface area contributed by atoms with Gasteiger partial charge in [-0.25, -0.2) is 0 Å². The number of hydrogen-bond acceptors (Lipinski definition) is 3. The van der Waals surface area contributed by atoms with Crippen LogP contribution in [0.2, 0.25) is 3.67 Å². The van der Waals surface area contributed by atoms with Gasteiger partial charge in [-0.05, 0) is 0 Å². The Kier molecular flexibility index (Phi) is 15.8. The second kappa shape index (κ2) is 14.0. The number of hydrogen-bond donors (Lipinski definition) is 2. The zero-order valence-corrected chi connectivity index (χ0v) is 13.1. The van der Waals surface area contributed by atoms with Crippen LogP contribution in [0.5, 0.6) is 0 Å². The van der Waals surface area contributed by atoms with Crippen LogP contribution < -0.4 is 0 Å². The topological polar surface area (TPSA) is 77.8 Å². The number of aliphatic carboxylic acids is 2. The Bertz CT molecular complexity index is 194. The van der Waals surface area contributed by atoms with E-state index in [9.17, 15) is 9.59 Å². The maximum Gasteiger partial charge on any atom is 0.303 e. The molecule has 0 aliphatic carbocycles. The molecule has 0 aromatic rings. The third kappa shape index (κ3) is 18.5. The van der Waals surface area contributed by atoms with Crippen molar-refractivity contribution in [3.8, 4) is 0 Å². The first kappa shape index (κ1) is 19.2. The van der Waals surface area contributed by atoms with Gasteiger partial charge in [0.05, 0.1) is 12.8 Å². The molecule has 0 spiro atoms. The third-order valence-electron chi connectivity index (χ3n) is 2.28. The van der Waals surface area contributed by atoms with Gasteiger partial charge in [0.15, 0.2) is 0 Å². The summed E-state index contributed by atoms with van der Waals surface area (Å²) in [6.45, 7) is 8.22. The van der Waals surface area contributed by atoms with E-state index in [1.807, 2.05) is 0 Å². The van der Waals surface area contributed by atoms with E-state index < -0.39 is 11.9 Å². The molecule has 0 aliphatic rings. The first-order valence-electron chi connectivity index (χ1n) is 6.13. The molecular formula is C11H22NNaO4. The van der Waals surface area contributed by atoms with Crippen molar-refractivity contribution in [2.24, 2.45) is 0 Å². The van der Waals surface area contributed by atoms with E-state index in [1.54, 1.807) is 0 Å². The van der Waals surface area contributed by atoms with Crippen LogP contribution in [0.1, 0.15) is 33.1 Å². The fraction of sp³-hybridized carbons (Fsp3) is 0.818. The van der Waals surface area contributed by atoms with Crippen LogP contribution in [0, 0.1) is 0 Å². The summed E-state index contributed by atoms with van der Waals surface area (Å²) < 4.78 is 1.45. The monoisotopic (exact) mass is 255 g/mol. The predicted molar refractivity (Wildman–Crippen MR) is 67.5 cm³/mol. The molecule has 2 N–H and O–H groups in total. The minimum Gasteiger partial charge on any atom is -0.481 e. The molecule has 96 valence electrons. The molecule has 0 rings (SSSR count). The van der Waals surface area contributed by atoms with Crippen LogP contribution in [0.25, 0.3) is 0 Å². The Morgan fingerprint density at radius 1 is 1.06 bits per heavy atom. The van der Waals surface area contributed by atoms with E-state index in [4.69, 9.17) is 10.2 Å². The molecule has 0 bridgehead atoms. The number of nitrogens with zero attached hydrogens (tertiary/aromatic N) is 1. The van der Waals surface area contributed by atoms with Gasteiger partial charge in [-0.2, -0.15) is 0 Å². The molecule has 0 fully saturated rings. The average Bonchev–Trinajstić information content (AvgIpc) is 2.29. The van der Waals surface area contributed by atoms with E-state index in [1.165, 1.54) is 57.7 Å². The largest absolute Gasteiger partial charge is 0.481 e. The Labute approximate surface area is 121 Å². The van der Waals surface area contributed by atoms with Gasteiger partial charge in [0.25, 0.3) is 0 Å². The summed E-state index contributed by atoms with van der Waals surface area (Å²) in [5, 5.41) is 15.8. The third-order valence-corrected chi connectivity index (χ3v) is 2.98. The van der Waals surface area contributed by atoms with Crippen molar-refractivity contribution in [2.45, 2.75) is 36.8 Å². The molecule has 0 saturated carbocycles. The number of carbonyl (C=O) groups is 2. The molecule has 0 saturated heterocycles. The quantitative estimate of drug-likeness (QED) is 0.638. The molecule has 0 amide bonds. The Morgan fingerprint density at radius 2 is 1.47 bits per heavy atom. The fourth-order valence-electron chi connectivity index (χ4n) is 1.14. The first-order valence-corrected chi connectivity index (χ1v) is 7.55. The van der Waals surface area contributed by atoms with Gasteiger partial charge in [-0.3, -0.25) is 9.59 Å². The number of carboxylic acids is 2. The minimum atomic E-state index is -1.08. The SMILES string of the molecule is CCN(CC)CC[CH2][Na].O=C(O)CCC(=O)O. The van der Waals surface area contributed by atoms with Crippen LogP contribution in [0.4, 0.5) is 0 Å². The molecule has 5 nitrogen and oxygen atoms in total. The number of carboxylic acid groups (broad SMARTS) is 2. The maximum atomic E-state index is 9.64. The van der Waals surface area contributed by atoms with Crippen molar-refractivity contribution in [1.82, 2.24) is 4.90 Å². The summed E-state index contributed by atoms with van der Waals surface area (Å²) in [7, 11) is 0. The van der Waals surface area contributed by atoms with Crippen molar-refractivity contribution >= 4 is 39.9 Å². The fourth-order valence-corrected chi connectivity index (χ4v) is 1.45. The molecular weight excluding hydrogens is 233 g/mol. The average molecular weight is 255 g/mol. The van der Waals surface area contributed by atoms with Crippen LogP contribution in [0.15, 0.2) is 0 Å². The van der Waals surface area contributed by atoms with Gasteiger partial charge in [-0.1, -0.05) is 0 Å². The van der Waals surface area contributed by atoms with Gasteiger partial charge in [0, 0.05) is 0 Å². The van der Waals surface area contributed by atoms with Gasteiger partial charge in [0.2, 0.25) is 0 Å². The summed E-state index contributed by atoms with van der Waals surface area (Å²) >= 11 is 1.37. The van der Waals surface area contributed by atoms with Crippen molar-refractivity contribution in [3.63, 3.8) is 0 Å². The zero-order valence-electron chi connectivity index (χ0n) is 11.1. The number of rotatable bonds is 8. The second-order valence-electron chi connectivity index (χ2n) is 3.67. The Balaban J connectivity index is 0. The second-order valence-corrected chi connectivity index (χ2v) is 4.67. The van der Waals surface area contributed by atoms with E-state index in [-0.39, 0.29) is 12.8 Å². The molecule has 0 radical (unpaired) electrons. The van der Waals surface area contributed by atoms with Gasteiger partial charge < -0.3 is 10.2 Å². The molecule has 0 heterocycles. The molecule has 0 aliphatic heterocycles. The Hall–Kier alpha value is -0.100. The van der Waals surface area contributed by atoms with Crippen molar-refractivity contribution in [1.29, 1.82) is 0 Å². The van der Waals surface area contributed by atoms with Crippen LogP contribution in [0.3, 0.4) is 0 Å². The Morgan fingerprint density at radius 3 is 1.71 bits per heavy atom. The standard InChI is InChI=1S/C7H16N.C4H6O4.Na/c1-4-7-8(5-2)6-3;5-3(6)1-2-4(7)8;/h1,4-7H2,2-3H3;1-2H2,(H,5,6)(H,7,8);. The van der Waals surface area contributed by atoms with E-state index in [0.29, 0.717) is 0 Å². The molecule has 0 aromatic carbocycles. The van der Waals surface area contributed by atoms with E-state index in [0.717, 1.165) is 0 Å². The zero-order chi connectivity index (χ0) is 13.7. The van der Waals surface area contributed by atoms with Crippen molar-refractivity contribution in [3.05, 3.63) is 0 Å². The summed E-state index contributed by atoms with van der Waals surface area (Å²) in [4.78, 5) is 21.8. The van der Waals surface area contributed by atoms with Crippen molar-refractivity contribution in [2.75, 3.05) is 19.6 Å². The molecule has 0 aromatic heterocycles. The summed E-state index contributed by atoms with van der Waals surface area (Å²) in [6.07, 6.45) is 0.818. The summed E-state index contributed by atoms with van der Waals surface area (Å²) in [5.74, 6) is -2.15.